The second-order valence-corrected chi connectivity index (χ2v) is 4.82. The summed E-state index contributed by atoms with van der Waals surface area (Å²) in [6.45, 7) is 3.32. The van der Waals surface area contributed by atoms with Crippen LogP contribution in [0.2, 0.25) is 0 Å². The fraction of sp³-hybridized carbons (Fsp3) is 0.429. The lowest BCUT2D eigenvalue weighted by molar-refractivity contribution is 0.162. The highest BCUT2D eigenvalue weighted by atomic mass is 16.3. The molecule has 19 heavy (non-hydrogen) atoms. The fourth-order valence-corrected chi connectivity index (χ4v) is 1.80. The first-order chi connectivity index (χ1) is 9.15. The van der Waals surface area contributed by atoms with Gasteiger partial charge in [0.1, 0.15) is 6.33 Å². The van der Waals surface area contributed by atoms with E-state index in [1.54, 1.807) is 17.9 Å². The predicted octanol–water partition coefficient (Wildman–Crippen LogP) is 1.47. The second kappa shape index (κ2) is 6.45. The van der Waals surface area contributed by atoms with Gasteiger partial charge in [0.05, 0.1) is 18.3 Å². The van der Waals surface area contributed by atoms with Gasteiger partial charge in [-0.3, -0.25) is 4.90 Å². The van der Waals surface area contributed by atoms with Gasteiger partial charge in [-0.05, 0) is 32.5 Å². The van der Waals surface area contributed by atoms with E-state index in [1.165, 1.54) is 0 Å². The van der Waals surface area contributed by atoms with E-state index in [2.05, 4.69) is 15.0 Å². The molecule has 0 saturated carbocycles. The van der Waals surface area contributed by atoms with Crippen molar-refractivity contribution in [1.82, 2.24) is 19.7 Å². The van der Waals surface area contributed by atoms with Crippen LogP contribution in [0.4, 0.5) is 0 Å². The molecule has 0 aliphatic heterocycles. The topological polar surface area (TPSA) is 54.2 Å². The number of aliphatic hydroxyl groups excluding tert-OH is 1. The third kappa shape index (κ3) is 4.15. The van der Waals surface area contributed by atoms with Gasteiger partial charge in [-0.1, -0.05) is 18.2 Å². The summed E-state index contributed by atoms with van der Waals surface area (Å²) < 4.78 is 1.78. The monoisotopic (exact) mass is 260 g/mol. The van der Waals surface area contributed by atoms with Crippen LogP contribution in [0.25, 0.3) is 5.69 Å². The van der Waals surface area contributed by atoms with E-state index in [9.17, 15) is 5.11 Å². The van der Waals surface area contributed by atoms with Crippen LogP contribution in [-0.2, 0) is 6.54 Å². The van der Waals surface area contributed by atoms with E-state index < -0.39 is 0 Å². The van der Waals surface area contributed by atoms with E-state index in [0.29, 0.717) is 6.54 Å². The van der Waals surface area contributed by atoms with Crippen LogP contribution in [0.5, 0.6) is 0 Å². The van der Waals surface area contributed by atoms with Gasteiger partial charge in [0.25, 0.3) is 0 Å². The summed E-state index contributed by atoms with van der Waals surface area (Å²) in [4.78, 5) is 6.42. The Morgan fingerprint density at radius 1 is 1.32 bits per heavy atom. The van der Waals surface area contributed by atoms with Crippen LogP contribution in [0.15, 0.2) is 36.7 Å². The van der Waals surface area contributed by atoms with Crippen molar-refractivity contribution in [2.75, 3.05) is 13.6 Å². The van der Waals surface area contributed by atoms with Gasteiger partial charge in [-0.15, -0.1) is 5.10 Å². The molecule has 1 N–H and O–H groups in total. The molecule has 1 aromatic carbocycles. The molecule has 0 amide bonds. The SMILES string of the molecule is CC(O)CCN(C)Cc1ncn(-c2ccccc2)n1. The first kappa shape index (κ1) is 13.7. The summed E-state index contributed by atoms with van der Waals surface area (Å²) in [5.74, 6) is 0.789. The number of aromatic nitrogens is 3. The molecule has 0 fully saturated rings. The number of hydrogen-bond donors (Lipinski definition) is 1. The van der Waals surface area contributed by atoms with E-state index in [1.807, 2.05) is 37.4 Å². The van der Waals surface area contributed by atoms with Gasteiger partial charge in [0.2, 0.25) is 0 Å². The quantitative estimate of drug-likeness (QED) is 0.854. The molecular formula is C14H20N4O. The van der Waals surface area contributed by atoms with Crippen molar-refractivity contribution >= 4 is 0 Å². The van der Waals surface area contributed by atoms with E-state index in [0.717, 1.165) is 24.5 Å². The van der Waals surface area contributed by atoms with Gasteiger partial charge in [-0.2, -0.15) is 0 Å². The number of para-hydroxylation sites is 1. The Balaban J connectivity index is 1.94. The lowest BCUT2D eigenvalue weighted by Crippen LogP contribution is -2.22. The summed E-state index contributed by atoms with van der Waals surface area (Å²) in [5.41, 5.74) is 1.01. The van der Waals surface area contributed by atoms with Gasteiger partial charge < -0.3 is 5.11 Å². The second-order valence-electron chi connectivity index (χ2n) is 4.82. The molecule has 5 heteroatoms. The lowest BCUT2D eigenvalue weighted by atomic mass is 10.3. The molecule has 1 aromatic heterocycles. The first-order valence-corrected chi connectivity index (χ1v) is 6.47. The van der Waals surface area contributed by atoms with Crippen LogP contribution in [0.3, 0.4) is 0 Å². The summed E-state index contributed by atoms with van der Waals surface area (Å²) in [5, 5.41) is 13.7. The Labute approximate surface area is 113 Å². The largest absolute Gasteiger partial charge is 0.393 e. The van der Waals surface area contributed by atoms with Crippen molar-refractivity contribution in [3.63, 3.8) is 0 Å². The summed E-state index contributed by atoms with van der Waals surface area (Å²) in [6.07, 6.45) is 2.22. The number of rotatable bonds is 6. The summed E-state index contributed by atoms with van der Waals surface area (Å²) in [7, 11) is 2.01. The fourth-order valence-electron chi connectivity index (χ4n) is 1.80. The Morgan fingerprint density at radius 2 is 2.05 bits per heavy atom. The van der Waals surface area contributed by atoms with Crippen molar-refractivity contribution in [3.8, 4) is 5.69 Å². The van der Waals surface area contributed by atoms with E-state index >= 15 is 0 Å². The van der Waals surface area contributed by atoms with Crippen LogP contribution < -0.4 is 0 Å². The molecule has 1 unspecified atom stereocenters. The molecule has 102 valence electrons. The highest BCUT2D eigenvalue weighted by Crippen LogP contribution is 2.06. The average Bonchev–Trinajstić information content (AvgIpc) is 2.86. The van der Waals surface area contributed by atoms with Gasteiger partial charge >= 0.3 is 0 Å². The van der Waals surface area contributed by atoms with Crippen molar-refractivity contribution < 1.29 is 5.11 Å². The zero-order valence-corrected chi connectivity index (χ0v) is 11.4. The van der Waals surface area contributed by atoms with Crippen molar-refractivity contribution in [2.45, 2.75) is 26.0 Å². The lowest BCUT2D eigenvalue weighted by Gasteiger charge is -2.15. The summed E-state index contributed by atoms with van der Waals surface area (Å²) >= 11 is 0. The zero-order valence-electron chi connectivity index (χ0n) is 11.4. The van der Waals surface area contributed by atoms with Crippen molar-refractivity contribution in [2.24, 2.45) is 0 Å². The van der Waals surface area contributed by atoms with Crippen LogP contribution in [0.1, 0.15) is 19.2 Å². The third-order valence-corrected chi connectivity index (χ3v) is 2.90. The Hall–Kier alpha value is -1.72. The molecule has 2 aromatic rings. The number of aliphatic hydroxyl groups is 1. The van der Waals surface area contributed by atoms with E-state index in [4.69, 9.17) is 0 Å². The zero-order chi connectivity index (χ0) is 13.7. The maximum absolute atomic E-state index is 9.26. The number of nitrogens with zero attached hydrogens (tertiary/aromatic N) is 4. The average molecular weight is 260 g/mol. The predicted molar refractivity (Wildman–Crippen MR) is 74.0 cm³/mol. The molecule has 0 radical (unpaired) electrons. The molecular weight excluding hydrogens is 240 g/mol. The minimum absolute atomic E-state index is 0.266. The highest BCUT2D eigenvalue weighted by Gasteiger charge is 2.07. The molecule has 2 rings (SSSR count). The Bertz CT molecular complexity index is 495. The Kier molecular flexibility index (Phi) is 4.65. The highest BCUT2D eigenvalue weighted by molar-refractivity contribution is 5.29. The molecule has 1 heterocycles. The molecule has 5 nitrogen and oxygen atoms in total. The molecule has 0 bridgehead atoms. The minimum atomic E-state index is -0.266. The van der Waals surface area contributed by atoms with Crippen LogP contribution in [0, 0.1) is 0 Å². The van der Waals surface area contributed by atoms with Gasteiger partial charge in [-0.25, -0.2) is 9.67 Å². The molecule has 0 spiro atoms. The molecule has 0 aliphatic rings. The number of hydrogen-bond acceptors (Lipinski definition) is 4. The molecule has 0 saturated heterocycles. The number of benzene rings is 1. The minimum Gasteiger partial charge on any atom is -0.393 e. The van der Waals surface area contributed by atoms with Crippen molar-refractivity contribution in [3.05, 3.63) is 42.5 Å². The molecule has 0 aliphatic carbocycles. The van der Waals surface area contributed by atoms with Gasteiger partial charge in [0, 0.05) is 6.54 Å². The van der Waals surface area contributed by atoms with E-state index in [-0.39, 0.29) is 6.10 Å². The standard InChI is InChI=1S/C14H20N4O/c1-12(19)8-9-17(2)10-14-15-11-18(16-14)13-6-4-3-5-7-13/h3-7,11-12,19H,8-10H2,1-2H3. The van der Waals surface area contributed by atoms with Crippen LogP contribution in [-0.4, -0.2) is 44.5 Å². The summed E-state index contributed by atoms with van der Waals surface area (Å²) in [6, 6.07) is 9.92. The maximum Gasteiger partial charge on any atom is 0.164 e. The first-order valence-electron chi connectivity index (χ1n) is 6.47. The normalized spacial score (nSPS) is 12.8. The third-order valence-electron chi connectivity index (χ3n) is 2.90. The van der Waals surface area contributed by atoms with Crippen LogP contribution >= 0.6 is 0 Å². The van der Waals surface area contributed by atoms with Gasteiger partial charge in [0.15, 0.2) is 5.82 Å². The Morgan fingerprint density at radius 3 is 2.74 bits per heavy atom. The van der Waals surface area contributed by atoms with Crippen molar-refractivity contribution in [1.29, 1.82) is 0 Å². The molecule has 1 atom stereocenters. The smallest absolute Gasteiger partial charge is 0.164 e. The maximum atomic E-state index is 9.26.